The molecule has 1 aromatic heterocycles. The Labute approximate surface area is 353 Å². The van der Waals surface area contributed by atoms with Gasteiger partial charge in [-0.1, -0.05) is 85.9 Å². The number of non-ortho nitro benzene ring substituents is 1. The van der Waals surface area contributed by atoms with Crippen LogP contribution < -0.4 is 20.4 Å². The van der Waals surface area contributed by atoms with Gasteiger partial charge in [-0.15, -0.1) is 0 Å². The summed E-state index contributed by atoms with van der Waals surface area (Å²) in [5.74, 6) is -0.394. The number of hydrogen-bond donors (Lipinski definition) is 2. The highest BCUT2D eigenvalue weighted by atomic mass is 28.3. The Morgan fingerprint density at radius 3 is 2.43 bits per heavy atom. The Balaban J connectivity index is 1.12. The summed E-state index contributed by atoms with van der Waals surface area (Å²) < 4.78 is 14.2. The molecule has 0 saturated carbocycles. The van der Waals surface area contributed by atoms with E-state index in [0.717, 1.165) is 21.9 Å². The van der Waals surface area contributed by atoms with Gasteiger partial charge in [0.1, 0.15) is 5.75 Å². The number of benzene rings is 5. The Morgan fingerprint density at radius 2 is 1.70 bits per heavy atom. The molecule has 0 aliphatic carbocycles. The monoisotopic (exact) mass is 837 g/mol. The number of methoxy groups -OCH3 is 1. The van der Waals surface area contributed by atoms with E-state index in [1.165, 1.54) is 16.8 Å². The van der Waals surface area contributed by atoms with Crippen LogP contribution in [0.2, 0.25) is 18.6 Å². The van der Waals surface area contributed by atoms with Gasteiger partial charge in [0.15, 0.2) is 5.60 Å². The van der Waals surface area contributed by atoms with Gasteiger partial charge in [-0.2, -0.15) is 0 Å². The van der Waals surface area contributed by atoms with E-state index in [-0.39, 0.29) is 48.2 Å². The molecule has 9 rings (SSSR count). The summed E-state index contributed by atoms with van der Waals surface area (Å²) in [4.78, 5) is 58.8. The molecule has 2 N–H and O–H groups in total. The fraction of sp³-hybridized carbons (Fsp3) is 0.298. The van der Waals surface area contributed by atoms with Crippen LogP contribution in [0.1, 0.15) is 35.6 Å². The van der Waals surface area contributed by atoms with Crippen molar-refractivity contribution in [1.29, 1.82) is 0 Å². The van der Waals surface area contributed by atoms with Crippen molar-refractivity contribution in [3.8, 4) is 11.4 Å². The van der Waals surface area contributed by atoms with Crippen molar-refractivity contribution in [2.75, 3.05) is 18.6 Å². The number of amides is 2. The molecule has 1 fully saturated rings. The maximum Gasteiger partial charge on any atom is 0.279 e. The number of para-hydroxylation sites is 1. The number of carbonyl (C=O) groups is 2. The molecular weight excluding hydrogens is 791 g/mol. The normalized spacial score (nSPS) is 22.1. The quantitative estimate of drug-likeness (QED) is 0.0920. The van der Waals surface area contributed by atoms with E-state index in [1.807, 2.05) is 97.9 Å². The van der Waals surface area contributed by atoms with Gasteiger partial charge in [-0.05, 0) is 71.1 Å². The predicted molar refractivity (Wildman–Crippen MR) is 234 cm³/mol. The number of aliphatic hydroxyl groups is 1. The molecule has 6 aromatic rings. The number of aliphatic hydroxyl groups excluding tert-OH is 1. The Kier molecular flexibility index (Phi) is 10.0. The third-order valence-electron chi connectivity index (χ3n) is 13.4. The number of carbonyl (C=O) groups excluding carboxylic acids is 2. The third-order valence-corrected chi connectivity index (χ3v) is 17.8. The average Bonchev–Trinajstić information content (AvgIpc) is 3.85. The van der Waals surface area contributed by atoms with E-state index in [0.29, 0.717) is 46.6 Å². The molecule has 5 atom stereocenters. The molecule has 3 aliphatic heterocycles. The van der Waals surface area contributed by atoms with Gasteiger partial charge < -0.3 is 24.4 Å². The lowest BCUT2D eigenvalue weighted by Crippen LogP contribution is -2.52. The van der Waals surface area contributed by atoms with Gasteiger partial charge in [0.05, 0.1) is 74.1 Å². The first-order valence-electron chi connectivity index (χ1n) is 20.5. The molecular formula is C47H47N5O8Si. The van der Waals surface area contributed by atoms with Crippen LogP contribution in [0.3, 0.4) is 0 Å². The first-order chi connectivity index (χ1) is 29.3. The van der Waals surface area contributed by atoms with Crippen molar-refractivity contribution in [3.63, 3.8) is 0 Å². The number of rotatable bonds is 10. The second kappa shape index (κ2) is 15.3. The first kappa shape index (κ1) is 40.1. The second-order valence-corrected chi connectivity index (χ2v) is 21.7. The van der Waals surface area contributed by atoms with Crippen molar-refractivity contribution in [2.45, 2.75) is 69.2 Å². The van der Waals surface area contributed by atoms with Crippen LogP contribution in [0.5, 0.6) is 5.75 Å². The minimum Gasteiger partial charge on any atom is -0.497 e. The number of nitrogens with one attached hydrogen (secondary N) is 1. The molecule has 312 valence electrons. The molecule has 0 radical (unpaired) electrons. The Bertz CT molecular complexity index is 2770. The van der Waals surface area contributed by atoms with Crippen LogP contribution in [0, 0.1) is 16.0 Å². The van der Waals surface area contributed by atoms with Gasteiger partial charge in [-0.25, -0.2) is 4.68 Å². The molecule has 2 amide bonds. The molecule has 1 spiro atoms. The van der Waals surface area contributed by atoms with Crippen LogP contribution >= 0.6 is 0 Å². The Hall–Kier alpha value is -6.35. The zero-order chi connectivity index (χ0) is 42.8. The second-order valence-electron chi connectivity index (χ2n) is 17.0. The zero-order valence-electron chi connectivity index (χ0n) is 34.4. The maximum absolute atomic E-state index is 15.5. The number of nitro groups is 1. The molecule has 0 unspecified atom stereocenters. The molecule has 5 aromatic carbocycles. The highest BCUT2D eigenvalue weighted by Gasteiger charge is 2.67. The lowest BCUT2D eigenvalue weighted by Gasteiger charge is -2.39. The number of anilines is 1. The van der Waals surface area contributed by atoms with Gasteiger partial charge in [0.2, 0.25) is 5.91 Å². The summed E-state index contributed by atoms with van der Waals surface area (Å²) in [5.41, 5.74) is 2.62. The van der Waals surface area contributed by atoms with E-state index in [9.17, 15) is 24.8 Å². The zero-order valence-corrected chi connectivity index (χ0v) is 35.4. The van der Waals surface area contributed by atoms with E-state index in [2.05, 4.69) is 18.2 Å². The summed E-state index contributed by atoms with van der Waals surface area (Å²) in [6, 6.07) is 34.5. The molecule has 4 heterocycles. The number of H-pyrrole nitrogens is 1. The first-order valence-corrected chi connectivity index (χ1v) is 23.6. The highest BCUT2D eigenvalue weighted by molar-refractivity contribution is 6.91. The van der Waals surface area contributed by atoms with Crippen LogP contribution in [0.15, 0.2) is 120 Å². The number of aromatic nitrogens is 2. The number of nitro benzene ring substituents is 1. The minimum absolute atomic E-state index is 0.0547. The molecule has 3 aliphatic rings. The van der Waals surface area contributed by atoms with Crippen LogP contribution in [-0.4, -0.2) is 70.5 Å². The topological polar surface area (TPSA) is 160 Å². The van der Waals surface area contributed by atoms with E-state index in [4.69, 9.17) is 9.47 Å². The fourth-order valence-electron chi connectivity index (χ4n) is 10.3. The molecule has 13 nitrogen and oxygen atoms in total. The number of hydrogen-bond acceptors (Lipinski definition) is 8. The van der Waals surface area contributed by atoms with Crippen molar-refractivity contribution in [1.82, 2.24) is 14.7 Å². The van der Waals surface area contributed by atoms with E-state index >= 15 is 4.79 Å². The van der Waals surface area contributed by atoms with E-state index < -0.39 is 36.7 Å². The maximum atomic E-state index is 15.5. The molecule has 1 saturated heterocycles. The van der Waals surface area contributed by atoms with Crippen molar-refractivity contribution in [2.24, 2.45) is 5.92 Å². The highest BCUT2D eigenvalue weighted by Crippen LogP contribution is 2.60. The molecule has 61 heavy (non-hydrogen) atoms. The predicted octanol–water partition coefficient (Wildman–Crippen LogP) is 6.33. The SMILES string of the molecule is COc1ccc([Si](C)(C)[C@@H]2[C@@H](CC(=O)N3Cc4ccccc4C[C@H]3CO)O[C@]3(C(=O)N(Cc4cccc(-n5[nH]c6ccccc6c5=O)c4)c4ccc([N+](=O)[O-])cc43)[C@H]2C)cc1. The lowest BCUT2D eigenvalue weighted by molar-refractivity contribution is -0.385. The summed E-state index contributed by atoms with van der Waals surface area (Å²) in [6.07, 6.45) is -0.294. The average molecular weight is 838 g/mol. The number of nitrogens with zero attached hydrogens (tertiary/aromatic N) is 4. The van der Waals surface area contributed by atoms with Gasteiger partial charge in [0, 0.05) is 30.2 Å². The molecule has 0 bridgehead atoms. The number of ether oxygens (including phenoxy) is 2. The minimum atomic E-state index is -2.69. The Morgan fingerprint density at radius 1 is 0.967 bits per heavy atom. The number of aromatic amines is 1. The van der Waals surface area contributed by atoms with Crippen molar-refractivity contribution >= 4 is 47.4 Å². The summed E-state index contributed by atoms with van der Waals surface area (Å²) in [5, 5.41) is 27.7. The van der Waals surface area contributed by atoms with Crippen molar-refractivity contribution < 1.29 is 29.1 Å². The largest absolute Gasteiger partial charge is 0.497 e. The summed E-state index contributed by atoms with van der Waals surface area (Å²) in [6.45, 7) is 6.63. The molecule has 14 heteroatoms. The van der Waals surface area contributed by atoms with E-state index in [1.54, 1.807) is 29.0 Å². The standard InChI is InChI=1S/C47H47N5O8Si/c1-29-44(61(3,4)37-19-17-36(59-2)18-20-37)42(25-43(54)49-27-32-12-6-5-11-31(32)23-35(49)28-53)60-47(29)39-24-34(52(57)58)16-21-41(39)50(46(47)56)26-30-10-9-13-33(22-30)51-45(55)38-14-7-8-15-40(38)48-51/h5-22,24,29,35,42,44,48,53H,23,25-28H2,1-4H3/t29-,35-,42+,44-,47+/m0/s1. The summed E-state index contributed by atoms with van der Waals surface area (Å²) >= 11 is 0. The van der Waals surface area contributed by atoms with Crippen LogP contribution in [0.25, 0.3) is 16.6 Å². The lowest BCUT2D eigenvalue weighted by atomic mass is 9.82. The van der Waals surface area contributed by atoms with Gasteiger partial charge in [-0.3, -0.25) is 29.6 Å². The fourth-order valence-corrected chi connectivity index (χ4v) is 14.3. The third kappa shape index (κ3) is 6.56. The van der Waals surface area contributed by atoms with Crippen molar-refractivity contribution in [3.05, 3.63) is 158 Å². The number of fused-ring (bicyclic) bond motifs is 4. The van der Waals surface area contributed by atoms with Crippen LogP contribution in [-0.2, 0) is 39.4 Å². The van der Waals surface area contributed by atoms with Gasteiger partial charge in [0.25, 0.3) is 17.2 Å². The van der Waals surface area contributed by atoms with Gasteiger partial charge >= 0.3 is 0 Å². The summed E-state index contributed by atoms with van der Waals surface area (Å²) in [7, 11) is -1.08. The van der Waals surface area contributed by atoms with Crippen LogP contribution in [0.4, 0.5) is 11.4 Å². The smallest absolute Gasteiger partial charge is 0.279 e.